The van der Waals surface area contributed by atoms with Gasteiger partial charge in [-0.05, 0) is 116 Å². The first-order chi connectivity index (χ1) is 20.7. The summed E-state index contributed by atoms with van der Waals surface area (Å²) in [5.41, 5.74) is 1.49. The fourth-order valence-corrected chi connectivity index (χ4v) is 5.85. The maximum Gasteiger partial charge on any atom is 0.306 e. The first-order valence-electron chi connectivity index (χ1n) is 16.6. The van der Waals surface area contributed by atoms with Crippen LogP contribution in [0.1, 0.15) is 91.5 Å². The Morgan fingerprint density at radius 2 is 1.80 bits per heavy atom. The molecule has 1 saturated heterocycles. The second-order valence-corrected chi connectivity index (χ2v) is 16.3. The Morgan fingerprint density at radius 1 is 1.07 bits per heavy atom. The molecule has 1 aromatic carbocycles. The maximum absolute atomic E-state index is 13.0. The topological polar surface area (TPSA) is 103 Å². The van der Waals surface area contributed by atoms with Crippen LogP contribution in [-0.2, 0) is 16.0 Å². The lowest BCUT2D eigenvalue weighted by Gasteiger charge is -2.30. The van der Waals surface area contributed by atoms with Gasteiger partial charge in [0, 0.05) is 42.1 Å². The van der Waals surface area contributed by atoms with Crippen LogP contribution in [0.5, 0.6) is 5.75 Å². The predicted molar refractivity (Wildman–Crippen MR) is 190 cm³/mol. The summed E-state index contributed by atoms with van der Waals surface area (Å²) in [5, 5.41) is 19.4. The number of nitrogens with one attached hydrogen (secondary N) is 3. The van der Waals surface area contributed by atoms with Crippen LogP contribution in [0.25, 0.3) is 0 Å². The van der Waals surface area contributed by atoms with Gasteiger partial charge < -0.3 is 30.7 Å². The van der Waals surface area contributed by atoms with E-state index in [1.54, 1.807) is 6.92 Å². The van der Waals surface area contributed by atoms with Gasteiger partial charge in [-0.1, -0.05) is 19.4 Å². The SMILES string of the molecule is CC(Cc1ccc(OCCCCC2CCNCC2)c(NC(=O)CCCCN(CCNCC(C)(C)S)CC(C)(C)S)c1)C(=O)O. The fraction of sp³-hybridized carbons (Fsp3) is 0.765. The Labute approximate surface area is 278 Å². The number of rotatable bonds is 22. The zero-order valence-corrected chi connectivity index (χ0v) is 29.7. The molecule has 1 heterocycles. The number of anilines is 1. The molecule has 0 radical (unpaired) electrons. The summed E-state index contributed by atoms with van der Waals surface area (Å²) in [7, 11) is 0. The molecule has 10 heteroatoms. The Morgan fingerprint density at radius 3 is 2.45 bits per heavy atom. The molecule has 2 rings (SSSR count). The van der Waals surface area contributed by atoms with Gasteiger partial charge in [0.05, 0.1) is 18.2 Å². The normalized spacial score (nSPS) is 15.4. The first-order valence-corrected chi connectivity index (χ1v) is 17.5. The molecule has 1 fully saturated rings. The van der Waals surface area contributed by atoms with Crippen molar-refractivity contribution in [1.82, 2.24) is 15.5 Å². The highest BCUT2D eigenvalue weighted by molar-refractivity contribution is 7.82. The highest BCUT2D eigenvalue weighted by Crippen LogP contribution is 2.28. The van der Waals surface area contributed by atoms with E-state index >= 15 is 0 Å². The molecule has 1 aromatic rings. The van der Waals surface area contributed by atoms with Gasteiger partial charge in [0.25, 0.3) is 0 Å². The molecule has 252 valence electrons. The third kappa shape index (κ3) is 17.9. The average Bonchev–Trinajstić information content (AvgIpc) is 2.93. The van der Waals surface area contributed by atoms with E-state index in [0.717, 1.165) is 83.0 Å². The molecule has 8 nitrogen and oxygen atoms in total. The van der Waals surface area contributed by atoms with E-state index in [1.807, 2.05) is 18.2 Å². The summed E-state index contributed by atoms with van der Waals surface area (Å²) in [6.07, 6.45) is 8.33. The van der Waals surface area contributed by atoms with Gasteiger partial charge in [0.1, 0.15) is 5.75 Å². The summed E-state index contributed by atoms with van der Waals surface area (Å²) in [4.78, 5) is 26.9. The average molecular weight is 653 g/mol. The van der Waals surface area contributed by atoms with Crippen molar-refractivity contribution in [3.8, 4) is 5.75 Å². The second-order valence-electron chi connectivity index (χ2n) is 13.9. The number of benzene rings is 1. The standard InChI is InChI=1S/C34H60N4O4S2/c1-26(32(40)41)22-28-12-13-30(42-21-9-7-10-27-14-16-35-17-15-27)29(23-28)37-31(39)11-6-8-19-38(25-34(4,5)44)20-18-36-24-33(2,3)43/h12-13,23,26-27,35-36,43-44H,6-11,14-22,24-25H2,1-5H3,(H,37,39)(H,40,41). The Kier molecular flexibility index (Phi) is 17.5. The van der Waals surface area contributed by atoms with Crippen molar-refractivity contribution in [2.45, 2.75) is 102 Å². The van der Waals surface area contributed by atoms with E-state index in [0.29, 0.717) is 30.9 Å². The van der Waals surface area contributed by atoms with Crippen LogP contribution in [0.3, 0.4) is 0 Å². The fourth-order valence-electron chi connectivity index (χ4n) is 5.54. The number of amides is 1. The number of carbonyl (C=O) groups excluding carboxylic acids is 1. The van der Waals surface area contributed by atoms with Gasteiger partial charge in [0.2, 0.25) is 5.91 Å². The lowest BCUT2D eigenvalue weighted by Crippen LogP contribution is -2.41. The maximum atomic E-state index is 13.0. The number of unbranched alkanes of at least 4 members (excludes halogenated alkanes) is 2. The zero-order valence-electron chi connectivity index (χ0n) is 27.9. The molecule has 0 aromatic heterocycles. The molecular weight excluding hydrogens is 593 g/mol. The summed E-state index contributed by atoms with van der Waals surface area (Å²) in [6, 6.07) is 5.65. The number of nitrogens with zero attached hydrogens (tertiary/aromatic N) is 1. The minimum absolute atomic E-state index is 0.0490. The minimum atomic E-state index is -0.832. The number of carboxylic acids is 1. The summed E-state index contributed by atoms with van der Waals surface area (Å²) >= 11 is 9.33. The quantitative estimate of drug-likeness (QED) is 0.0684. The van der Waals surface area contributed by atoms with Crippen LogP contribution in [0, 0.1) is 11.8 Å². The third-order valence-electron chi connectivity index (χ3n) is 7.91. The number of carboxylic acid groups (broad SMARTS) is 1. The van der Waals surface area contributed by atoms with E-state index in [4.69, 9.17) is 17.4 Å². The molecule has 4 N–H and O–H groups in total. The number of aliphatic carboxylic acids is 1. The molecule has 44 heavy (non-hydrogen) atoms. The third-order valence-corrected chi connectivity index (χ3v) is 8.21. The van der Waals surface area contributed by atoms with E-state index in [2.05, 4.69) is 61.2 Å². The molecule has 0 spiro atoms. The lowest BCUT2D eigenvalue weighted by molar-refractivity contribution is -0.141. The minimum Gasteiger partial charge on any atom is -0.491 e. The largest absolute Gasteiger partial charge is 0.491 e. The van der Waals surface area contributed by atoms with Crippen molar-refractivity contribution in [2.24, 2.45) is 11.8 Å². The van der Waals surface area contributed by atoms with E-state index < -0.39 is 11.9 Å². The molecule has 0 bridgehead atoms. The van der Waals surface area contributed by atoms with Gasteiger partial charge in [-0.25, -0.2) is 0 Å². The van der Waals surface area contributed by atoms with E-state index in [1.165, 1.54) is 19.3 Å². The number of hydrogen-bond acceptors (Lipinski definition) is 8. The Balaban J connectivity index is 1.88. The van der Waals surface area contributed by atoms with Crippen molar-refractivity contribution in [3.05, 3.63) is 23.8 Å². The molecule has 1 aliphatic rings. The van der Waals surface area contributed by atoms with Crippen LogP contribution < -0.4 is 20.7 Å². The van der Waals surface area contributed by atoms with Crippen molar-refractivity contribution in [1.29, 1.82) is 0 Å². The van der Waals surface area contributed by atoms with Gasteiger partial charge in [-0.15, -0.1) is 0 Å². The molecule has 0 aliphatic carbocycles. The van der Waals surface area contributed by atoms with Crippen LogP contribution in [0.2, 0.25) is 0 Å². The summed E-state index contributed by atoms with van der Waals surface area (Å²) < 4.78 is 5.98. The molecule has 1 amide bonds. The van der Waals surface area contributed by atoms with Gasteiger partial charge in [-0.3, -0.25) is 9.59 Å². The van der Waals surface area contributed by atoms with Crippen molar-refractivity contribution < 1.29 is 19.4 Å². The van der Waals surface area contributed by atoms with E-state index in [9.17, 15) is 14.7 Å². The van der Waals surface area contributed by atoms with E-state index in [-0.39, 0.29) is 15.4 Å². The monoisotopic (exact) mass is 652 g/mol. The summed E-state index contributed by atoms with van der Waals surface area (Å²) in [5.74, 6) is 0.0561. The predicted octanol–water partition coefficient (Wildman–Crippen LogP) is 5.92. The van der Waals surface area contributed by atoms with Crippen LogP contribution in [-0.4, -0.2) is 83.8 Å². The smallest absolute Gasteiger partial charge is 0.306 e. The van der Waals surface area contributed by atoms with Gasteiger partial charge >= 0.3 is 5.97 Å². The van der Waals surface area contributed by atoms with Gasteiger partial charge in [0.15, 0.2) is 0 Å². The van der Waals surface area contributed by atoms with Crippen molar-refractivity contribution in [2.75, 3.05) is 57.7 Å². The Bertz CT molecular complexity index is 990. The molecule has 0 saturated carbocycles. The zero-order chi connectivity index (χ0) is 32.6. The lowest BCUT2D eigenvalue weighted by atomic mass is 9.93. The number of carbonyl (C=O) groups is 2. The van der Waals surface area contributed by atoms with Crippen LogP contribution >= 0.6 is 25.3 Å². The molecular formula is C34H60N4O4S2. The number of thiol groups is 2. The number of ether oxygens (including phenoxy) is 1. The van der Waals surface area contributed by atoms with Crippen LogP contribution in [0.15, 0.2) is 18.2 Å². The summed E-state index contributed by atoms with van der Waals surface area (Å²) in [6.45, 7) is 17.4. The first kappa shape index (κ1) is 38.7. The second kappa shape index (κ2) is 19.9. The number of piperidine rings is 1. The molecule has 1 unspecified atom stereocenters. The van der Waals surface area contributed by atoms with Crippen molar-refractivity contribution in [3.63, 3.8) is 0 Å². The van der Waals surface area contributed by atoms with Crippen LogP contribution in [0.4, 0.5) is 5.69 Å². The number of hydrogen-bond donors (Lipinski definition) is 6. The Hall–Kier alpha value is -1.46. The molecule has 1 aliphatic heterocycles. The molecule has 1 atom stereocenters. The highest BCUT2D eigenvalue weighted by Gasteiger charge is 2.19. The highest BCUT2D eigenvalue weighted by atomic mass is 32.1. The van der Waals surface area contributed by atoms with Gasteiger partial charge in [-0.2, -0.15) is 25.3 Å². The van der Waals surface area contributed by atoms with Crippen molar-refractivity contribution >= 4 is 42.8 Å².